The van der Waals surface area contributed by atoms with E-state index in [0.29, 0.717) is 0 Å². The lowest BCUT2D eigenvalue weighted by molar-refractivity contribution is 0.580. The number of hydrogen-bond acceptors (Lipinski definition) is 0. The van der Waals surface area contributed by atoms with Gasteiger partial charge in [-0.15, -0.1) is 0 Å². The lowest BCUT2D eigenvalue weighted by Gasteiger charge is -2.30. The van der Waals surface area contributed by atoms with E-state index in [-0.39, 0.29) is 10.8 Å². The fourth-order valence-corrected chi connectivity index (χ4v) is 5.71. The second-order valence-electron chi connectivity index (χ2n) is 12.8. The van der Waals surface area contributed by atoms with Gasteiger partial charge in [0.1, 0.15) is 0 Å². The van der Waals surface area contributed by atoms with Crippen molar-refractivity contribution in [1.82, 2.24) is 0 Å². The Morgan fingerprint density at radius 1 is 0.289 bits per heavy atom. The van der Waals surface area contributed by atoms with E-state index in [1.807, 2.05) is 0 Å². The van der Waals surface area contributed by atoms with Gasteiger partial charge in [0, 0.05) is 0 Å². The van der Waals surface area contributed by atoms with Crippen LogP contribution in [0, 0.1) is 0 Å². The lowest BCUT2D eigenvalue weighted by atomic mass is 9.74. The molecule has 0 heteroatoms. The second kappa shape index (κ2) is 8.84. The highest BCUT2D eigenvalue weighted by Gasteiger charge is 2.26. The fraction of sp³-hybridized carbons (Fsp3) is 0.211. The third kappa shape index (κ3) is 4.39. The van der Waals surface area contributed by atoms with Crippen LogP contribution in [0.3, 0.4) is 0 Å². The minimum absolute atomic E-state index is 0.00763. The molecular weight excluding hydrogens is 456 g/mol. The summed E-state index contributed by atoms with van der Waals surface area (Å²) in [6, 6.07) is 41.1. The largest absolute Gasteiger partial charge is 0.0561 e. The molecule has 0 amide bonds. The van der Waals surface area contributed by atoms with E-state index in [4.69, 9.17) is 0 Å². The Morgan fingerprint density at radius 2 is 0.474 bits per heavy atom. The predicted octanol–water partition coefficient (Wildman–Crippen LogP) is 10.9. The van der Waals surface area contributed by atoms with Crippen LogP contribution in [0.2, 0.25) is 0 Å². The molecule has 0 aromatic heterocycles. The van der Waals surface area contributed by atoms with Crippen LogP contribution in [-0.4, -0.2) is 0 Å². The number of benzene rings is 5. The molecule has 0 unspecified atom stereocenters. The van der Waals surface area contributed by atoms with Gasteiger partial charge in [0.2, 0.25) is 0 Å². The standard InChI is InChI=1S/C38H36/c1-37(2,3)35-23-34-32-21-17-30(18-22-32)28-13-9-26(10-14-28)25-7-11-27(12-8-25)29-15-19-31(20-16-29)33(35)24-36(34)38(4,5)6/h7-24H,1-6H3. The van der Waals surface area contributed by atoms with Crippen LogP contribution in [-0.2, 0) is 10.8 Å². The van der Waals surface area contributed by atoms with Crippen LogP contribution in [0.5, 0.6) is 0 Å². The molecule has 13 aliphatic carbocycles. The second-order valence-corrected chi connectivity index (χ2v) is 12.8. The molecule has 18 rings (SSSR count). The maximum atomic E-state index is 2.46. The maximum absolute atomic E-state index is 2.46. The predicted molar refractivity (Wildman–Crippen MR) is 165 cm³/mol. The summed E-state index contributed by atoms with van der Waals surface area (Å²) in [5.41, 5.74) is 15.5. The van der Waals surface area contributed by atoms with E-state index in [0.717, 1.165) is 0 Å². The highest BCUT2D eigenvalue weighted by atomic mass is 14.3. The molecule has 5 aromatic carbocycles. The first-order valence-electron chi connectivity index (χ1n) is 13.7. The minimum atomic E-state index is 0.00763. The van der Waals surface area contributed by atoms with Crippen molar-refractivity contribution in [3.63, 3.8) is 0 Å². The van der Waals surface area contributed by atoms with Crippen LogP contribution in [0.4, 0.5) is 0 Å². The molecular formula is C38H36. The van der Waals surface area contributed by atoms with Gasteiger partial charge in [-0.2, -0.15) is 0 Å². The third-order valence-electron chi connectivity index (χ3n) is 7.94. The normalized spacial score (nSPS) is 12.5. The molecule has 38 heavy (non-hydrogen) atoms. The Balaban J connectivity index is 1.66. The molecule has 13 aliphatic rings. The van der Waals surface area contributed by atoms with Crippen LogP contribution < -0.4 is 0 Å². The Labute approximate surface area is 228 Å². The Kier molecular flexibility index (Phi) is 5.69. The molecule has 0 aliphatic heterocycles. The summed E-state index contributed by atoms with van der Waals surface area (Å²) in [7, 11) is 0. The monoisotopic (exact) mass is 492 g/mol. The Hall–Kier alpha value is -3.90. The van der Waals surface area contributed by atoms with E-state index in [9.17, 15) is 0 Å². The first kappa shape index (κ1) is 24.4. The molecule has 0 N–H and O–H groups in total. The minimum Gasteiger partial charge on any atom is -0.0561 e. The molecule has 0 spiro atoms. The fourth-order valence-electron chi connectivity index (χ4n) is 5.71. The zero-order valence-electron chi connectivity index (χ0n) is 23.4. The highest BCUT2D eigenvalue weighted by molar-refractivity contribution is 5.82. The van der Waals surface area contributed by atoms with E-state index in [1.165, 1.54) is 66.8 Å². The van der Waals surface area contributed by atoms with Crippen molar-refractivity contribution < 1.29 is 0 Å². The first-order chi connectivity index (χ1) is 18.1. The SMILES string of the molecule is CC(C)(C)c1cc2c(C(C)(C)C)cc1-c1ccc(cc1)-c1ccc(cc1)-c1ccc(cc1)-c1ccc-2cc1. The third-order valence-corrected chi connectivity index (χ3v) is 7.94. The summed E-state index contributed by atoms with van der Waals surface area (Å²) in [6.45, 7) is 14.0. The molecule has 0 atom stereocenters. The van der Waals surface area contributed by atoms with Gasteiger partial charge in [0.15, 0.2) is 0 Å². The van der Waals surface area contributed by atoms with Gasteiger partial charge in [0.25, 0.3) is 0 Å². The van der Waals surface area contributed by atoms with E-state index in [1.54, 1.807) is 0 Å². The smallest absolute Gasteiger partial charge is 0.0125 e. The van der Waals surface area contributed by atoms with Gasteiger partial charge in [-0.1, -0.05) is 139 Å². The van der Waals surface area contributed by atoms with Crippen LogP contribution in [0.1, 0.15) is 52.7 Å². The van der Waals surface area contributed by atoms with Crippen molar-refractivity contribution in [2.45, 2.75) is 52.4 Å². The summed E-state index contributed by atoms with van der Waals surface area (Å²) in [5.74, 6) is 0. The van der Waals surface area contributed by atoms with Crippen LogP contribution >= 0.6 is 0 Å². The summed E-state index contributed by atoms with van der Waals surface area (Å²) in [5, 5.41) is 0. The average molecular weight is 493 g/mol. The van der Waals surface area contributed by atoms with Gasteiger partial charge < -0.3 is 0 Å². The zero-order chi connectivity index (χ0) is 26.7. The van der Waals surface area contributed by atoms with E-state index in [2.05, 4.69) is 151 Å². The van der Waals surface area contributed by atoms with Gasteiger partial charge in [0.05, 0.1) is 0 Å². The lowest BCUT2D eigenvalue weighted by Crippen LogP contribution is -2.18. The molecule has 0 heterocycles. The van der Waals surface area contributed by atoms with Crippen LogP contribution in [0.15, 0.2) is 109 Å². The Bertz CT molecular complexity index is 1470. The molecule has 10 bridgehead atoms. The summed E-state index contributed by atoms with van der Waals surface area (Å²) in [4.78, 5) is 0. The van der Waals surface area contributed by atoms with E-state index < -0.39 is 0 Å². The summed E-state index contributed by atoms with van der Waals surface area (Å²) in [6.07, 6.45) is 0. The molecule has 5 aromatic rings. The van der Waals surface area contributed by atoms with Crippen molar-refractivity contribution >= 4 is 0 Å². The van der Waals surface area contributed by atoms with Gasteiger partial charge in [-0.3, -0.25) is 0 Å². The number of hydrogen-bond donors (Lipinski definition) is 0. The topological polar surface area (TPSA) is 0 Å². The molecule has 0 radical (unpaired) electrons. The average Bonchev–Trinajstić information content (AvgIpc) is 2.91. The van der Waals surface area contributed by atoms with Crippen molar-refractivity contribution in [2.24, 2.45) is 0 Å². The van der Waals surface area contributed by atoms with Gasteiger partial charge >= 0.3 is 0 Å². The van der Waals surface area contributed by atoms with Gasteiger partial charge in [-0.05, 0) is 89.7 Å². The van der Waals surface area contributed by atoms with E-state index >= 15 is 0 Å². The van der Waals surface area contributed by atoms with Crippen molar-refractivity contribution in [2.75, 3.05) is 0 Å². The molecule has 0 fully saturated rings. The van der Waals surface area contributed by atoms with Crippen molar-refractivity contribution in [3.05, 3.63) is 120 Å². The first-order valence-corrected chi connectivity index (χ1v) is 13.7. The highest BCUT2D eigenvalue weighted by Crippen LogP contribution is 2.43. The van der Waals surface area contributed by atoms with Crippen LogP contribution in [0.25, 0.3) is 55.6 Å². The quantitative estimate of drug-likeness (QED) is 0.198. The van der Waals surface area contributed by atoms with Crippen molar-refractivity contribution in [3.8, 4) is 55.6 Å². The Morgan fingerprint density at radius 3 is 0.658 bits per heavy atom. The summed E-state index contributed by atoms with van der Waals surface area (Å²) < 4.78 is 0. The summed E-state index contributed by atoms with van der Waals surface area (Å²) >= 11 is 0. The molecule has 188 valence electrons. The maximum Gasteiger partial charge on any atom is -0.0125 e. The van der Waals surface area contributed by atoms with Gasteiger partial charge in [-0.25, -0.2) is 0 Å². The zero-order valence-corrected chi connectivity index (χ0v) is 23.4. The molecule has 0 saturated heterocycles. The number of rotatable bonds is 0. The van der Waals surface area contributed by atoms with Crippen molar-refractivity contribution in [1.29, 1.82) is 0 Å². The molecule has 0 nitrogen and oxygen atoms in total. The molecule has 0 saturated carbocycles.